The molecule has 25 heavy (non-hydrogen) atoms. The summed E-state index contributed by atoms with van der Waals surface area (Å²) in [7, 11) is 1.61. The smallest absolute Gasteiger partial charge is 0.228 e. The maximum absolute atomic E-state index is 9.89. The van der Waals surface area contributed by atoms with Crippen LogP contribution < -0.4 is 10.1 Å². The fourth-order valence-corrected chi connectivity index (χ4v) is 3.61. The Balaban J connectivity index is 1.70. The molecule has 0 bridgehead atoms. The maximum Gasteiger partial charge on any atom is 0.228 e. The maximum atomic E-state index is 9.89. The van der Waals surface area contributed by atoms with Crippen molar-refractivity contribution < 1.29 is 9.84 Å². The van der Waals surface area contributed by atoms with Crippen molar-refractivity contribution in [1.82, 2.24) is 14.6 Å². The zero-order valence-electron chi connectivity index (χ0n) is 14.0. The Labute approximate surface area is 150 Å². The highest BCUT2D eigenvalue weighted by Crippen LogP contribution is 2.35. The number of ether oxygens (including phenoxy) is 1. The lowest BCUT2D eigenvalue weighted by Crippen LogP contribution is -2.48. The van der Waals surface area contributed by atoms with E-state index in [0.29, 0.717) is 35.3 Å². The number of halogens is 1. The van der Waals surface area contributed by atoms with Crippen molar-refractivity contribution in [2.24, 2.45) is 0 Å². The van der Waals surface area contributed by atoms with Crippen molar-refractivity contribution in [3.8, 4) is 17.0 Å². The van der Waals surface area contributed by atoms with E-state index in [1.165, 1.54) is 0 Å². The van der Waals surface area contributed by atoms with Gasteiger partial charge in [-0.3, -0.25) is 4.40 Å². The molecule has 0 atom stereocenters. The molecule has 1 saturated carbocycles. The van der Waals surface area contributed by atoms with E-state index in [9.17, 15) is 5.11 Å². The fraction of sp³-hybridized carbons (Fsp3) is 0.333. The Morgan fingerprint density at radius 1 is 1.32 bits per heavy atom. The number of hydrogen-bond donors (Lipinski definition) is 2. The molecule has 6 nitrogen and oxygen atoms in total. The number of benzene rings is 1. The number of nitrogens with one attached hydrogen (secondary N) is 1. The summed E-state index contributed by atoms with van der Waals surface area (Å²) in [6.07, 6.45) is 3.33. The average molecular weight is 359 g/mol. The van der Waals surface area contributed by atoms with Gasteiger partial charge in [0.25, 0.3) is 0 Å². The molecule has 2 N–H and O–H groups in total. The average Bonchev–Trinajstić information content (AvgIpc) is 3.04. The standard InChI is InChI=1S/C18H19ClN4O2/c1-18(24)9-11(10-18)20-17-22-21-16(15-4-3-7-23(15)17)13-6-5-12(25-2)8-14(13)19/h3-8,11,24H,9-10H2,1-2H3,(H,20,22). The van der Waals surface area contributed by atoms with Gasteiger partial charge < -0.3 is 15.2 Å². The van der Waals surface area contributed by atoms with E-state index in [1.807, 2.05) is 41.8 Å². The number of methoxy groups -OCH3 is 1. The molecule has 1 aromatic carbocycles. The fourth-order valence-electron chi connectivity index (χ4n) is 3.35. The van der Waals surface area contributed by atoms with Crippen molar-refractivity contribution in [3.05, 3.63) is 41.6 Å². The van der Waals surface area contributed by atoms with Crippen LogP contribution in [0.25, 0.3) is 16.8 Å². The molecule has 0 radical (unpaired) electrons. The molecular weight excluding hydrogens is 340 g/mol. The van der Waals surface area contributed by atoms with Crippen LogP contribution >= 0.6 is 11.6 Å². The first-order chi connectivity index (χ1) is 12.0. The van der Waals surface area contributed by atoms with Crippen molar-refractivity contribution in [1.29, 1.82) is 0 Å². The van der Waals surface area contributed by atoms with Crippen molar-refractivity contribution in [2.75, 3.05) is 12.4 Å². The van der Waals surface area contributed by atoms with E-state index < -0.39 is 5.60 Å². The highest BCUT2D eigenvalue weighted by Gasteiger charge is 2.38. The minimum Gasteiger partial charge on any atom is -0.497 e. The van der Waals surface area contributed by atoms with E-state index in [0.717, 1.165) is 11.1 Å². The second kappa shape index (κ2) is 5.89. The summed E-state index contributed by atoms with van der Waals surface area (Å²) >= 11 is 6.40. The highest BCUT2D eigenvalue weighted by molar-refractivity contribution is 6.33. The third-order valence-corrected chi connectivity index (χ3v) is 4.91. The Hall–Kier alpha value is -2.31. The Bertz CT molecular complexity index is 930. The predicted molar refractivity (Wildman–Crippen MR) is 97.3 cm³/mol. The van der Waals surface area contributed by atoms with Gasteiger partial charge in [0.1, 0.15) is 11.4 Å². The third kappa shape index (κ3) is 2.92. The zero-order valence-corrected chi connectivity index (χ0v) is 14.8. The molecule has 4 rings (SSSR count). The molecule has 0 amide bonds. The van der Waals surface area contributed by atoms with Crippen LogP contribution in [0.3, 0.4) is 0 Å². The SMILES string of the molecule is COc1ccc(-c2nnc(NC3CC(C)(O)C3)n3cccc23)c(Cl)c1. The van der Waals surface area contributed by atoms with Gasteiger partial charge in [-0.15, -0.1) is 10.2 Å². The summed E-state index contributed by atoms with van der Waals surface area (Å²) in [5, 5.41) is 22.5. The Morgan fingerprint density at radius 2 is 2.12 bits per heavy atom. The molecule has 0 saturated heterocycles. The van der Waals surface area contributed by atoms with Crippen molar-refractivity contribution in [2.45, 2.75) is 31.4 Å². The van der Waals surface area contributed by atoms with E-state index >= 15 is 0 Å². The van der Waals surface area contributed by atoms with E-state index in [4.69, 9.17) is 16.3 Å². The number of rotatable bonds is 4. The summed E-state index contributed by atoms with van der Waals surface area (Å²) in [6.45, 7) is 1.84. The van der Waals surface area contributed by atoms with Gasteiger partial charge in [-0.2, -0.15) is 0 Å². The van der Waals surface area contributed by atoms with Crippen molar-refractivity contribution >= 4 is 23.1 Å². The molecular formula is C18H19ClN4O2. The summed E-state index contributed by atoms with van der Waals surface area (Å²) in [4.78, 5) is 0. The molecule has 1 fully saturated rings. The van der Waals surface area contributed by atoms with Crippen molar-refractivity contribution in [3.63, 3.8) is 0 Å². The number of anilines is 1. The molecule has 3 aromatic rings. The number of hydrogen-bond acceptors (Lipinski definition) is 5. The van der Waals surface area contributed by atoms with Gasteiger partial charge in [-0.25, -0.2) is 0 Å². The predicted octanol–water partition coefficient (Wildman–Crippen LogP) is 3.38. The second-order valence-electron chi connectivity index (χ2n) is 6.73. The summed E-state index contributed by atoms with van der Waals surface area (Å²) in [5.74, 6) is 1.36. The van der Waals surface area contributed by atoms with E-state index in [-0.39, 0.29) is 6.04 Å². The molecule has 0 unspecified atom stereocenters. The van der Waals surface area contributed by atoms with Crippen LogP contribution in [0.2, 0.25) is 5.02 Å². The number of aliphatic hydroxyl groups is 1. The van der Waals surface area contributed by atoms with Crippen LogP contribution in [0.4, 0.5) is 5.95 Å². The third-order valence-electron chi connectivity index (χ3n) is 4.60. The second-order valence-corrected chi connectivity index (χ2v) is 7.14. The molecule has 2 heterocycles. The topological polar surface area (TPSA) is 71.7 Å². The summed E-state index contributed by atoms with van der Waals surface area (Å²) < 4.78 is 7.15. The van der Waals surface area contributed by atoms with Gasteiger partial charge in [0, 0.05) is 17.8 Å². The van der Waals surface area contributed by atoms with Crippen LogP contribution in [-0.2, 0) is 0 Å². The molecule has 0 aliphatic heterocycles. The molecule has 7 heteroatoms. The van der Waals surface area contributed by atoms with Crippen LogP contribution in [0.15, 0.2) is 36.5 Å². The Kier molecular flexibility index (Phi) is 3.81. The highest BCUT2D eigenvalue weighted by atomic mass is 35.5. The number of fused-ring (bicyclic) bond motifs is 1. The normalized spacial score (nSPS) is 22.6. The van der Waals surface area contributed by atoms with Crippen LogP contribution in [0.5, 0.6) is 5.75 Å². The van der Waals surface area contributed by atoms with Gasteiger partial charge in [0.2, 0.25) is 5.95 Å². The van der Waals surface area contributed by atoms with Gasteiger partial charge in [-0.05, 0) is 50.1 Å². The molecule has 0 spiro atoms. The van der Waals surface area contributed by atoms with Gasteiger partial charge in [0.05, 0.1) is 23.3 Å². The molecule has 1 aliphatic rings. The monoisotopic (exact) mass is 358 g/mol. The zero-order chi connectivity index (χ0) is 17.6. The first-order valence-electron chi connectivity index (χ1n) is 8.13. The summed E-state index contributed by atoms with van der Waals surface area (Å²) in [5.41, 5.74) is 1.84. The van der Waals surface area contributed by atoms with Crippen LogP contribution in [-0.4, -0.2) is 38.5 Å². The minimum absolute atomic E-state index is 0.199. The van der Waals surface area contributed by atoms with E-state index in [2.05, 4.69) is 15.5 Å². The van der Waals surface area contributed by atoms with Crippen LogP contribution in [0, 0.1) is 0 Å². The molecule has 2 aromatic heterocycles. The first kappa shape index (κ1) is 16.2. The largest absolute Gasteiger partial charge is 0.497 e. The van der Waals surface area contributed by atoms with E-state index in [1.54, 1.807) is 13.2 Å². The van der Waals surface area contributed by atoms with Gasteiger partial charge in [-0.1, -0.05) is 11.6 Å². The molecule has 1 aliphatic carbocycles. The van der Waals surface area contributed by atoms with Gasteiger partial charge >= 0.3 is 0 Å². The lowest BCUT2D eigenvalue weighted by molar-refractivity contribution is -0.0236. The summed E-state index contributed by atoms with van der Waals surface area (Å²) in [6, 6.07) is 9.62. The Morgan fingerprint density at radius 3 is 2.80 bits per heavy atom. The van der Waals surface area contributed by atoms with Crippen LogP contribution in [0.1, 0.15) is 19.8 Å². The van der Waals surface area contributed by atoms with Gasteiger partial charge in [0.15, 0.2) is 0 Å². The quantitative estimate of drug-likeness (QED) is 0.748. The first-order valence-corrected chi connectivity index (χ1v) is 8.51. The lowest BCUT2D eigenvalue weighted by atomic mass is 9.77. The lowest BCUT2D eigenvalue weighted by Gasteiger charge is -2.41. The number of nitrogens with zero attached hydrogens (tertiary/aromatic N) is 3. The molecule has 130 valence electrons. The number of aromatic nitrogens is 3. The minimum atomic E-state index is -0.586.